The number of aliphatic hydroxyl groups excluding tert-OH is 1. The molecule has 2 aromatic rings. The van der Waals surface area contributed by atoms with Gasteiger partial charge in [-0.05, 0) is 38.8 Å². The Bertz CT molecular complexity index is 580. The first-order chi connectivity index (χ1) is 9.51. The zero-order valence-corrected chi connectivity index (χ0v) is 13.3. The van der Waals surface area contributed by atoms with Gasteiger partial charge in [0.1, 0.15) is 0 Å². The van der Waals surface area contributed by atoms with Crippen molar-refractivity contribution in [3.8, 4) is 0 Å². The first-order valence-corrected chi connectivity index (χ1v) is 7.72. The summed E-state index contributed by atoms with van der Waals surface area (Å²) >= 11 is 1.75. The third kappa shape index (κ3) is 3.45. The van der Waals surface area contributed by atoms with Gasteiger partial charge in [-0.2, -0.15) is 0 Å². The minimum Gasteiger partial charge on any atom is -0.392 e. The molecule has 0 spiro atoms. The molecule has 4 heteroatoms. The molecule has 1 aromatic heterocycles. The van der Waals surface area contributed by atoms with E-state index in [9.17, 15) is 5.11 Å². The Morgan fingerprint density at radius 2 is 2.00 bits per heavy atom. The number of nitrogens with one attached hydrogen (secondary N) is 1. The Labute approximate surface area is 124 Å². The standard InChI is InChI=1S/C16H22N2OS/c1-10(15-7-5-6-14(8-15)9-19)17-11(2)16-12(3)18-13(4)20-16/h5-8,10-11,17,19H,9H2,1-4H3. The van der Waals surface area contributed by atoms with Crippen LogP contribution in [0.25, 0.3) is 0 Å². The van der Waals surface area contributed by atoms with E-state index in [0.29, 0.717) is 0 Å². The monoisotopic (exact) mass is 290 g/mol. The van der Waals surface area contributed by atoms with Gasteiger partial charge in [-0.15, -0.1) is 11.3 Å². The summed E-state index contributed by atoms with van der Waals surface area (Å²) < 4.78 is 0. The molecule has 0 aliphatic carbocycles. The van der Waals surface area contributed by atoms with Crippen molar-refractivity contribution in [1.29, 1.82) is 0 Å². The van der Waals surface area contributed by atoms with Gasteiger partial charge in [0.2, 0.25) is 0 Å². The molecule has 2 unspecified atom stereocenters. The van der Waals surface area contributed by atoms with Crippen LogP contribution in [0.2, 0.25) is 0 Å². The summed E-state index contributed by atoms with van der Waals surface area (Å²) in [5.74, 6) is 0. The Hall–Kier alpha value is -1.23. The lowest BCUT2D eigenvalue weighted by Gasteiger charge is -2.20. The summed E-state index contributed by atoms with van der Waals surface area (Å²) in [5, 5.41) is 13.9. The van der Waals surface area contributed by atoms with Gasteiger partial charge in [0.25, 0.3) is 0 Å². The van der Waals surface area contributed by atoms with Crippen molar-refractivity contribution in [3.63, 3.8) is 0 Å². The van der Waals surface area contributed by atoms with Crippen molar-refractivity contribution in [3.05, 3.63) is 51.0 Å². The van der Waals surface area contributed by atoms with Crippen molar-refractivity contribution in [2.24, 2.45) is 0 Å². The van der Waals surface area contributed by atoms with Crippen molar-refractivity contribution >= 4 is 11.3 Å². The molecule has 2 rings (SSSR count). The summed E-state index contributed by atoms with van der Waals surface area (Å²) in [6, 6.07) is 8.58. The zero-order chi connectivity index (χ0) is 14.7. The summed E-state index contributed by atoms with van der Waals surface area (Å²) in [4.78, 5) is 5.78. The Kier molecular flexibility index (Phi) is 4.91. The van der Waals surface area contributed by atoms with E-state index in [4.69, 9.17) is 0 Å². The third-order valence-corrected chi connectivity index (χ3v) is 4.72. The predicted octanol–water partition coefficient (Wildman–Crippen LogP) is 3.66. The lowest BCUT2D eigenvalue weighted by atomic mass is 10.0. The van der Waals surface area contributed by atoms with Crippen LogP contribution in [0.4, 0.5) is 0 Å². The molecule has 3 nitrogen and oxygen atoms in total. The molecule has 0 saturated carbocycles. The molecule has 1 aromatic carbocycles. The SMILES string of the molecule is Cc1nc(C)c(C(C)NC(C)c2cccc(CO)c2)s1. The molecular weight excluding hydrogens is 268 g/mol. The van der Waals surface area contributed by atoms with Crippen molar-refractivity contribution in [1.82, 2.24) is 10.3 Å². The summed E-state index contributed by atoms with van der Waals surface area (Å²) in [6.07, 6.45) is 0. The molecular formula is C16H22N2OS. The Balaban J connectivity index is 2.10. The molecule has 0 aliphatic rings. The second-order valence-corrected chi connectivity index (χ2v) is 6.43. The highest BCUT2D eigenvalue weighted by Gasteiger charge is 2.16. The quantitative estimate of drug-likeness (QED) is 0.883. The van der Waals surface area contributed by atoms with Crippen molar-refractivity contribution in [2.75, 3.05) is 0 Å². The van der Waals surface area contributed by atoms with Gasteiger partial charge in [-0.3, -0.25) is 0 Å². The van der Waals surface area contributed by atoms with Gasteiger partial charge in [0.15, 0.2) is 0 Å². The third-order valence-electron chi connectivity index (χ3n) is 3.47. The highest BCUT2D eigenvalue weighted by atomic mass is 32.1. The van der Waals surface area contributed by atoms with Crippen LogP contribution in [0.5, 0.6) is 0 Å². The summed E-state index contributed by atoms with van der Waals surface area (Å²) in [7, 11) is 0. The van der Waals surface area contributed by atoms with Crippen LogP contribution >= 0.6 is 11.3 Å². The second kappa shape index (κ2) is 6.48. The minimum atomic E-state index is 0.0866. The van der Waals surface area contributed by atoms with Gasteiger partial charge >= 0.3 is 0 Å². The normalized spacial score (nSPS) is 14.2. The largest absolute Gasteiger partial charge is 0.392 e. The molecule has 2 N–H and O–H groups in total. The molecule has 0 amide bonds. The van der Waals surface area contributed by atoms with Crippen LogP contribution in [0.1, 0.15) is 52.6 Å². The van der Waals surface area contributed by atoms with Crippen molar-refractivity contribution in [2.45, 2.75) is 46.4 Å². The average molecular weight is 290 g/mol. The fourth-order valence-electron chi connectivity index (χ4n) is 2.46. The van der Waals surface area contributed by atoms with E-state index in [-0.39, 0.29) is 18.7 Å². The van der Waals surface area contributed by atoms with Crippen LogP contribution in [-0.2, 0) is 6.61 Å². The molecule has 0 fully saturated rings. The number of nitrogens with zero attached hydrogens (tertiary/aromatic N) is 1. The van der Waals surface area contributed by atoms with E-state index in [0.717, 1.165) is 16.3 Å². The Morgan fingerprint density at radius 3 is 2.60 bits per heavy atom. The molecule has 0 bridgehead atoms. The maximum Gasteiger partial charge on any atom is 0.0900 e. The maximum atomic E-state index is 9.22. The number of rotatable bonds is 5. The van der Waals surface area contributed by atoms with Crippen LogP contribution in [-0.4, -0.2) is 10.1 Å². The number of aryl methyl sites for hydroxylation is 2. The molecule has 0 radical (unpaired) electrons. The first-order valence-electron chi connectivity index (χ1n) is 6.91. The summed E-state index contributed by atoms with van der Waals surface area (Å²) in [5.41, 5.74) is 3.26. The lowest BCUT2D eigenvalue weighted by molar-refractivity contribution is 0.281. The van der Waals surface area contributed by atoms with E-state index < -0.39 is 0 Å². The lowest BCUT2D eigenvalue weighted by Crippen LogP contribution is -2.22. The number of benzene rings is 1. The van der Waals surface area contributed by atoms with E-state index >= 15 is 0 Å². The number of thiazole rings is 1. The summed E-state index contributed by atoms with van der Waals surface area (Å²) in [6.45, 7) is 8.52. The number of aliphatic hydroxyl groups is 1. The predicted molar refractivity (Wildman–Crippen MR) is 83.9 cm³/mol. The fraction of sp³-hybridized carbons (Fsp3) is 0.438. The molecule has 2 atom stereocenters. The van der Waals surface area contributed by atoms with E-state index in [1.165, 1.54) is 10.4 Å². The fourth-order valence-corrected chi connectivity index (χ4v) is 3.40. The molecule has 0 aliphatic heterocycles. The van der Waals surface area contributed by atoms with Gasteiger partial charge in [0, 0.05) is 17.0 Å². The molecule has 108 valence electrons. The van der Waals surface area contributed by atoms with Gasteiger partial charge in [0.05, 0.1) is 17.3 Å². The minimum absolute atomic E-state index is 0.0866. The second-order valence-electron chi connectivity index (χ2n) is 5.20. The van der Waals surface area contributed by atoms with E-state index in [1.807, 2.05) is 19.1 Å². The van der Waals surface area contributed by atoms with Gasteiger partial charge < -0.3 is 10.4 Å². The highest BCUT2D eigenvalue weighted by Crippen LogP contribution is 2.27. The van der Waals surface area contributed by atoms with Gasteiger partial charge in [-0.25, -0.2) is 4.98 Å². The number of hydrogen-bond donors (Lipinski definition) is 2. The van der Waals surface area contributed by atoms with E-state index in [2.05, 4.69) is 43.2 Å². The van der Waals surface area contributed by atoms with Crippen LogP contribution in [0.3, 0.4) is 0 Å². The highest BCUT2D eigenvalue weighted by molar-refractivity contribution is 7.11. The maximum absolute atomic E-state index is 9.22. The average Bonchev–Trinajstić information content (AvgIpc) is 2.77. The smallest absolute Gasteiger partial charge is 0.0900 e. The van der Waals surface area contributed by atoms with Crippen LogP contribution < -0.4 is 5.32 Å². The number of aromatic nitrogens is 1. The number of hydrogen-bond acceptors (Lipinski definition) is 4. The molecule has 20 heavy (non-hydrogen) atoms. The van der Waals surface area contributed by atoms with Crippen LogP contribution in [0.15, 0.2) is 24.3 Å². The topological polar surface area (TPSA) is 45.2 Å². The molecule has 1 heterocycles. The van der Waals surface area contributed by atoms with E-state index in [1.54, 1.807) is 11.3 Å². The first kappa shape index (κ1) is 15.2. The molecule has 0 saturated heterocycles. The Morgan fingerprint density at radius 1 is 1.25 bits per heavy atom. The van der Waals surface area contributed by atoms with Gasteiger partial charge in [-0.1, -0.05) is 24.3 Å². The zero-order valence-electron chi connectivity index (χ0n) is 12.5. The van der Waals surface area contributed by atoms with Crippen LogP contribution in [0, 0.1) is 13.8 Å². The van der Waals surface area contributed by atoms with Crippen molar-refractivity contribution < 1.29 is 5.11 Å².